The first-order valence-corrected chi connectivity index (χ1v) is 10.1. The number of nitrogens with zero attached hydrogens (tertiary/aromatic N) is 2. The summed E-state index contributed by atoms with van der Waals surface area (Å²) in [6.07, 6.45) is 6.14. The molecular formula is C22H29N3O2. The van der Waals surface area contributed by atoms with Crippen LogP contribution in [0, 0.1) is 19.8 Å². The zero-order chi connectivity index (χ0) is 18.8. The summed E-state index contributed by atoms with van der Waals surface area (Å²) in [5.41, 5.74) is 3.80. The van der Waals surface area contributed by atoms with Crippen molar-refractivity contribution in [1.82, 2.24) is 14.9 Å². The molecule has 1 aromatic carbocycles. The van der Waals surface area contributed by atoms with Crippen LogP contribution in [0.4, 0.5) is 0 Å². The number of imidazole rings is 1. The molecule has 5 heteroatoms. The molecule has 2 heterocycles. The molecular weight excluding hydrogens is 338 g/mol. The van der Waals surface area contributed by atoms with Crippen LogP contribution in [0.1, 0.15) is 54.0 Å². The minimum absolute atomic E-state index is 0.124. The molecule has 2 fully saturated rings. The molecule has 5 nitrogen and oxygen atoms in total. The van der Waals surface area contributed by atoms with Gasteiger partial charge in [0.1, 0.15) is 5.82 Å². The number of rotatable bonds is 6. The molecule has 4 rings (SSSR count). The number of H-pyrrole nitrogens is 1. The normalized spacial score (nSPS) is 19.9. The van der Waals surface area contributed by atoms with Crippen LogP contribution in [0.5, 0.6) is 0 Å². The molecule has 1 atom stereocenters. The van der Waals surface area contributed by atoms with Crippen molar-refractivity contribution in [3.63, 3.8) is 0 Å². The third kappa shape index (κ3) is 4.08. The van der Waals surface area contributed by atoms with Gasteiger partial charge in [0.25, 0.3) is 5.91 Å². The van der Waals surface area contributed by atoms with E-state index in [4.69, 9.17) is 4.74 Å². The van der Waals surface area contributed by atoms with Crippen LogP contribution in [-0.2, 0) is 4.74 Å². The zero-order valence-electron chi connectivity index (χ0n) is 16.3. The predicted molar refractivity (Wildman–Crippen MR) is 106 cm³/mol. The Hall–Kier alpha value is -2.14. The Morgan fingerprint density at radius 3 is 2.48 bits per heavy atom. The summed E-state index contributed by atoms with van der Waals surface area (Å²) in [6, 6.07) is 7.88. The van der Waals surface area contributed by atoms with Crippen molar-refractivity contribution in [3.05, 3.63) is 41.3 Å². The van der Waals surface area contributed by atoms with Gasteiger partial charge in [-0.05, 0) is 57.6 Å². The molecule has 0 unspecified atom stereocenters. The van der Waals surface area contributed by atoms with Gasteiger partial charge in [-0.1, -0.05) is 18.6 Å². The van der Waals surface area contributed by atoms with Crippen molar-refractivity contribution in [3.8, 4) is 11.3 Å². The van der Waals surface area contributed by atoms with Gasteiger partial charge in [0.15, 0.2) is 0 Å². The van der Waals surface area contributed by atoms with Gasteiger partial charge in [0, 0.05) is 36.5 Å². The summed E-state index contributed by atoms with van der Waals surface area (Å²) in [4.78, 5) is 23.0. The summed E-state index contributed by atoms with van der Waals surface area (Å²) in [6.45, 7) is 6.38. The number of aromatic amines is 1. The van der Waals surface area contributed by atoms with Crippen LogP contribution in [0.3, 0.4) is 0 Å². The van der Waals surface area contributed by atoms with E-state index in [0.717, 1.165) is 60.9 Å². The molecule has 1 amide bonds. The van der Waals surface area contributed by atoms with Crippen LogP contribution >= 0.6 is 0 Å². The SMILES string of the molecule is Cc1nc(-c2ccc(C(=O)N(CC3CCC3)C[C@@H]3CCCO3)cc2)c(C)[nH]1. The Balaban J connectivity index is 1.50. The summed E-state index contributed by atoms with van der Waals surface area (Å²) >= 11 is 0. The maximum Gasteiger partial charge on any atom is 0.253 e. The van der Waals surface area contributed by atoms with Crippen molar-refractivity contribution >= 4 is 5.91 Å². The summed E-state index contributed by atoms with van der Waals surface area (Å²) < 4.78 is 5.79. The minimum Gasteiger partial charge on any atom is -0.376 e. The highest BCUT2D eigenvalue weighted by Crippen LogP contribution is 2.29. The van der Waals surface area contributed by atoms with Crippen LogP contribution < -0.4 is 0 Å². The number of aryl methyl sites for hydroxylation is 2. The minimum atomic E-state index is 0.124. The molecule has 1 saturated carbocycles. The van der Waals surface area contributed by atoms with Crippen molar-refractivity contribution in [2.45, 2.75) is 52.1 Å². The molecule has 27 heavy (non-hydrogen) atoms. The summed E-state index contributed by atoms with van der Waals surface area (Å²) in [5, 5.41) is 0. The third-order valence-electron chi connectivity index (χ3n) is 5.85. The van der Waals surface area contributed by atoms with Gasteiger partial charge in [-0.3, -0.25) is 4.79 Å². The number of carbonyl (C=O) groups excluding carboxylic acids is 1. The average Bonchev–Trinajstić information content (AvgIpc) is 3.25. The first-order valence-electron chi connectivity index (χ1n) is 10.1. The zero-order valence-corrected chi connectivity index (χ0v) is 16.3. The first kappa shape index (κ1) is 18.2. The van der Waals surface area contributed by atoms with E-state index in [1.165, 1.54) is 19.3 Å². The molecule has 1 aliphatic carbocycles. The monoisotopic (exact) mass is 367 g/mol. The molecule has 1 N–H and O–H groups in total. The predicted octanol–water partition coefficient (Wildman–Crippen LogP) is 4.11. The van der Waals surface area contributed by atoms with Gasteiger partial charge >= 0.3 is 0 Å². The van der Waals surface area contributed by atoms with E-state index < -0.39 is 0 Å². The van der Waals surface area contributed by atoms with Crippen molar-refractivity contribution in [2.75, 3.05) is 19.7 Å². The topological polar surface area (TPSA) is 58.2 Å². The number of hydrogen-bond acceptors (Lipinski definition) is 3. The number of hydrogen-bond donors (Lipinski definition) is 1. The Labute approximate surface area is 161 Å². The van der Waals surface area contributed by atoms with Gasteiger partial charge in [0.2, 0.25) is 0 Å². The second-order valence-electron chi connectivity index (χ2n) is 8.02. The fraction of sp³-hybridized carbons (Fsp3) is 0.545. The van der Waals surface area contributed by atoms with E-state index in [2.05, 4.69) is 9.97 Å². The lowest BCUT2D eigenvalue weighted by atomic mass is 9.85. The van der Waals surface area contributed by atoms with E-state index in [-0.39, 0.29) is 12.0 Å². The molecule has 0 bridgehead atoms. The molecule has 144 valence electrons. The largest absolute Gasteiger partial charge is 0.376 e. The van der Waals surface area contributed by atoms with Gasteiger partial charge in [-0.25, -0.2) is 4.98 Å². The average molecular weight is 367 g/mol. The fourth-order valence-electron chi connectivity index (χ4n) is 4.11. The lowest BCUT2D eigenvalue weighted by Crippen LogP contribution is -2.41. The van der Waals surface area contributed by atoms with Crippen molar-refractivity contribution in [1.29, 1.82) is 0 Å². The second kappa shape index (κ2) is 7.85. The number of amides is 1. The Morgan fingerprint density at radius 1 is 1.15 bits per heavy atom. The second-order valence-corrected chi connectivity index (χ2v) is 8.02. The molecule has 2 aromatic rings. The standard InChI is InChI=1S/C22H29N3O2/c1-15-21(24-16(2)23-15)18-8-10-19(11-9-18)22(26)25(13-17-5-3-6-17)14-20-7-4-12-27-20/h8-11,17,20H,3-7,12-14H2,1-2H3,(H,23,24)/t20-/m0/s1. The van der Waals surface area contributed by atoms with Crippen molar-refractivity contribution < 1.29 is 9.53 Å². The Kier molecular flexibility index (Phi) is 5.30. The smallest absolute Gasteiger partial charge is 0.253 e. The van der Waals surface area contributed by atoms with Gasteiger partial charge in [-0.15, -0.1) is 0 Å². The van der Waals surface area contributed by atoms with E-state index in [1.54, 1.807) is 0 Å². The van der Waals surface area contributed by atoms with E-state index in [0.29, 0.717) is 5.92 Å². The van der Waals surface area contributed by atoms with Gasteiger partial charge < -0.3 is 14.6 Å². The number of ether oxygens (including phenoxy) is 1. The molecule has 0 spiro atoms. The van der Waals surface area contributed by atoms with Gasteiger partial charge in [-0.2, -0.15) is 0 Å². The number of nitrogens with one attached hydrogen (secondary N) is 1. The van der Waals surface area contributed by atoms with Crippen LogP contribution in [-0.4, -0.2) is 46.6 Å². The third-order valence-corrected chi connectivity index (χ3v) is 5.85. The molecule has 1 saturated heterocycles. The van der Waals surface area contributed by atoms with E-state index in [1.807, 2.05) is 43.0 Å². The van der Waals surface area contributed by atoms with Gasteiger partial charge in [0.05, 0.1) is 11.8 Å². The summed E-state index contributed by atoms with van der Waals surface area (Å²) in [5.74, 6) is 1.69. The maximum absolute atomic E-state index is 13.2. The highest BCUT2D eigenvalue weighted by molar-refractivity contribution is 5.94. The van der Waals surface area contributed by atoms with E-state index >= 15 is 0 Å². The lowest BCUT2D eigenvalue weighted by Gasteiger charge is -2.33. The number of benzene rings is 1. The first-order chi connectivity index (χ1) is 13.1. The Bertz CT molecular complexity index is 786. The van der Waals surface area contributed by atoms with E-state index in [9.17, 15) is 4.79 Å². The number of aromatic nitrogens is 2. The van der Waals surface area contributed by atoms with Crippen LogP contribution in [0.25, 0.3) is 11.3 Å². The Morgan fingerprint density at radius 2 is 1.93 bits per heavy atom. The molecule has 2 aliphatic rings. The lowest BCUT2D eigenvalue weighted by molar-refractivity contribution is 0.0448. The highest BCUT2D eigenvalue weighted by atomic mass is 16.5. The number of carbonyl (C=O) groups is 1. The molecule has 1 aromatic heterocycles. The molecule has 0 radical (unpaired) electrons. The maximum atomic E-state index is 13.2. The molecule has 1 aliphatic heterocycles. The van der Waals surface area contributed by atoms with Crippen LogP contribution in [0.15, 0.2) is 24.3 Å². The van der Waals surface area contributed by atoms with Crippen molar-refractivity contribution in [2.24, 2.45) is 5.92 Å². The fourth-order valence-corrected chi connectivity index (χ4v) is 4.11. The quantitative estimate of drug-likeness (QED) is 0.836. The highest BCUT2D eigenvalue weighted by Gasteiger charge is 2.28. The van der Waals surface area contributed by atoms with Crippen LogP contribution in [0.2, 0.25) is 0 Å². The summed E-state index contributed by atoms with van der Waals surface area (Å²) in [7, 11) is 0.